The number of benzene rings is 4. The Morgan fingerprint density at radius 3 is 2.17 bits per heavy atom. The molecule has 0 aromatic heterocycles. The maximum atomic E-state index is 13.5. The Bertz CT molecular complexity index is 1540. The molecule has 4 N–H and O–H groups in total. The van der Waals surface area contributed by atoms with Crippen LogP contribution in [0.1, 0.15) is 43.8 Å². The van der Waals surface area contributed by atoms with Crippen molar-refractivity contribution in [2.75, 3.05) is 16.9 Å². The van der Waals surface area contributed by atoms with Crippen LogP contribution in [0, 0.1) is 6.92 Å². The van der Waals surface area contributed by atoms with Gasteiger partial charge in [-0.15, -0.1) is 0 Å². The number of hydrogen-bond donors (Lipinski definition) is 3. The summed E-state index contributed by atoms with van der Waals surface area (Å²) in [7, 11) is 0. The fourth-order valence-electron chi connectivity index (χ4n) is 4.81. The third-order valence-electron chi connectivity index (χ3n) is 7.08. The van der Waals surface area contributed by atoms with Crippen molar-refractivity contribution >= 4 is 35.2 Å². The van der Waals surface area contributed by atoms with Crippen molar-refractivity contribution in [2.45, 2.75) is 32.5 Å². The van der Waals surface area contributed by atoms with Crippen molar-refractivity contribution < 1.29 is 19.5 Å². The number of thioether (sulfide) groups is 1. The first-order valence-corrected chi connectivity index (χ1v) is 15.1. The van der Waals surface area contributed by atoms with E-state index in [0.717, 1.165) is 33.5 Å². The van der Waals surface area contributed by atoms with Crippen molar-refractivity contribution in [3.8, 4) is 11.1 Å². The maximum absolute atomic E-state index is 13.5. The van der Waals surface area contributed by atoms with Crippen molar-refractivity contribution in [3.63, 3.8) is 0 Å². The first-order chi connectivity index (χ1) is 20.3. The molecule has 1 atom stereocenters. The van der Waals surface area contributed by atoms with Gasteiger partial charge in [0.2, 0.25) is 5.91 Å². The number of anilines is 1. The second kappa shape index (κ2) is 14.4. The highest BCUT2D eigenvalue weighted by Gasteiger charge is 2.23. The molecule has 0 bridgehead atoms. The molecule has 0 spiro atoms. The molecule has 0 aliphatic heterocycles. The first kappa shape index (κ1) is 30.4. The summed E-state index contributed by atoms with van der Waals surface area (Å²) in [6.07, 6.45) is 2.24. The summed E-state index contributed by atoms with van der Waals surface area (Å²) in [5, 5.41) is 12.4. The van der Waals surface area contributed by atoms with Gasteiger partial charge in [-0.1, -0.05) is 60.7 Å². The predicted molar refractivity (Wildman–Crippen MR) is 170 cm³/mol. The molecule has 0 aliphatic carbocycles. The van der Waals surface area contributed by atoms with Gasteiger partial charge < -0.3 is 21.1 Å². The fraction of sp³-hybridized carbons (Fsp3) is 0.206. The number of nitrogens with zero attached hydrogens (tertiary/aromatic N) is 1. The normalized spacial score (nSPS) is 11.5. The van der Waals surface area contributed by atoms with E-state index in [2.05, 4.69) is 22.3 Å². The largest absolute Gasteiger partial charge is 0.480 e. The molecule has 2 amide bonds. The number of amides is 2. The number of aliphatic carboxylic acids is 1. The number of carbonyl (C=O) groups is 3. The summed E-state index contributed by atoms with van der Waals surface area (Å²) < 4.78 is 0. The van der Waals surface area contributed by atoms with E-state index < -0.39 is 23.8 Å². The van der Waals surface area contributed by atoms with Gasteiger partial charge in [-0.25, -0.2) is 4.79 Å². The summed E-state index contributed by atoms with van der Waals surface area (Å²) in [5.41, 5.74) is 12.0. The van der Waals surface area contributed by atoms with Gasteiger partial charge in [-0.3, -0.25) is 9.59 Å². The average molecular weight is 582 g/mol. The van der Waals surface area contributed by atoms with Crippen LogP contribution in [-0.4, -0.2) is 40.9 Å². The molecule has 0 fully saturated rings. The van der Waals surface area contributed by atoms with Crippen molar-refractivity contribution in [2.24, 2.45) is 5.73 Å². The molecule has 42 heavy (non-hydrogen) atoms. The van der Waals surface area contributed by atoms with Gasteiger partial charge in [-0.05, 0) is 89.6 Å². The van der Waals surface area contributed by atoms with Crippen LogP contribution in [0.25, 0.3) is 11.1 Å². The SMILES string of the molecule is CSCC[C@H](NC(=O)c1ccc(CN(Cc2ccccc2)c2ccc(C(N)=O)cc2)cc1-c1ccccc1C)C(=O)O. The lowest BCUT2D eigenvalue weighted by Gasteiger charge is -2.26. The van der Waals surface area contributed by atoms with Gasteiger partial charge in [-0.2, -0.15) is 11.8 Å². The standard InChI is InChI=1S/C34H35N3O4S/c1-23-8-6-7-11-28(23)30-20-25(12-17-29(30)33(39)36-31(34(40)41)18-19-42-2)22-37(21-24-9-4-3-5-10-24)27-15-13-26(14-16-27)32(35)38/h3-17,20,31H,18-19,21-22H2,1-2H3,(H2,35,38)(H,36,39)(H,40,41)/t31-/m0/s1. The zero-order valence-corrected chi connectivity index (χ0v) is 24.6. The number of nitrogens with two attached hydrogens (primary N) is 1. The molecule has 0 unspecified atom stereocenters. The third kappa shape index (κ3) is 7.79. The smallest absolute Gasteiger partial charge is 0.326 e. The number of carboxylic acids is 1. The maximum Gasteiger partial charge on any atom is 0.326 e. The highest BCUT2D eigenvalue weighted by Crippen LogP contribution is 2.30. The highest BCUT2D eigenvalue weighted by molar-refractivity contribution is 7.98. The van der Waals surface area contributed by atoms with E-state index in [1.54, 1.807) is 18.2 Å². The molecule has 0 radical (unpaired) electrons. The summed E-state index contributed by atoms with van der Waals surface area (Å²) in [6, 6.07) is 29.8. The lowest BCUT2D eigenvalue weighted by Crippen LogP contribution is -2.41. The van der Waals surface area contributed by atoms with E-state index >= 15 is 0 Å². The molecule has 216 valence electrons. The highest BCUT2D eigenvalue weighted by atomic mass is 32.2. The van der Waals surface area contributed by atoms with E-state index in [9.17, 15) is 19.5 Å². The lowest BCUT2D eigenvalue weighted by atomic mass is 9.93. The minimum atomic E-state index is -1.05. The number of rotatable bonds is 13. The van der Waals surface area contributed by atoms with Crippen LogP contribution in [0.4, 0.5) is 5.69 Å². The van der Waals surface area contributed by atoms with Crippen LogP contribution in [-0.2, 0) is 17.9 Å². The van der Waals surface area contributed by atoms with Crippen LogP contribution in [0.2, 0.25) is 0 Å². The van der Waals surface area contributed by atoms with Crippen LogP contribution < -0.4 is 16.0 Å². The summed E-state index contributed by atoms with van der Waals surface area (Å²) in [4.78, 5) is 39.2. The Morgan fingerprint density at radius 1 is 0.857 bits per heavy atom. The molecule has 4 rings (SSSR count). The minimum Gasteiger partial charge on any atom is -0.480 e. The number of aryl methyl sites for hydroxylation is 1. The van der Waals surface area contributed by atoms with Crippen molar-refractivity contribution in [1.29, 1.82) is 0 Å². The number of hydrogen-bond acceptors (Lipinski definition) is 5. The van der Waals surface area contributed by atoms with Crippen LogP contribution in [0.15, 0.2) is 97.1 Å². The van der Waals surface area contributed by atoms with E-state index in [1.165, 1.54) is 11.8 Å². The van der Waals surface area contributed by atoms with Crippen LogP contribution in [0.3, 0.4) is 0 Å². The molecule has 7 nitrogen and oxygen atoms in total. The fourth-order valence-corrected chi connectivity index (χ4v) is 5.29. The van der Waals surface area contributed by atoms with E-state index in [1.807, 2.05) is 79.9 Å². The van der Waals surface area contributed by atoms with Gasteiger partial charge in [0.1, 0.15) is 6.04 Å². The van der Waals surface area contributed by atoms with E-state index in [-0.39, 0.29) is 0 Å². The molecule has 0 aliphatic rings. The topological polar surface area (TPSA) is 113 Å². The second-order valence-electron chi connectivity index (χ2n) is 10.1. The Balaban J connectivity index is 1.72. The van der Waals surface area contributed by atoms with Gasteiger partial charge >= 0.3 is 5.97 Å². The zero-order chi connectivity index (χ0) is 30.1. The van der Waals surface area contributed by atoms with Gasteiger partial charge in [0.15, 0.2) is 0 Å². The number of carboxylic acid groups (broad SMARTS) is 1. The molecule has 4 aromatic carbocycles. The van der Waals surface area contributed by atoms with Gasteiger partial charge in [0, 0.05) is 29.9 Å². The Hall–Kier alpha value is -4.56. The average Bonchev–Trinajstić information content (AvgIpc) is 2.99. The Morgan fingerprint density at radius 2 is 1.52 bits per heavy atom. The molecule has 0 heterocycles. The Labute approximate surface area is 250 Å². The molecule has 0 saturated carbocycles. The quantitative estimate of drug-likeness (QED) is 0.181. The second-order valence-corrected chi connectivity index (χ2v) is 11.1. The summed E-state index contributed by atoms with van der Waals surface area (Å²) in [5.74, 6) is -1.33. The van der Waals surface area contributed by atoms with E-state index in [0.29, 0.717) is 36.4 Å². The van der Waals surface area contributed by atoms with E-state index in [4.69, 9.17) is 5.73 Å². The predicted octanol–water partition coefficient (Wildman–Crippen LogP) is 5.90. The molecular weight excluding hydrogens is 546 g/mol. The monoisotopic (exact) mass is 581 g/mol. The van der Waals surface area contributed by atoms with Crippen molar-refractivity contribution in [1.82, 2.24) is 5.32 Å². The van der Waals surface area contributed by atoms with Crippen molar-refractivity contribution in [3.05, 3.63) is 125 Å². The van der Waals surface area contributed by atoms with Crippen LogP contribution >= 0.6 is 11.8 Å². The summed E-state index contributed by atoms with van der Waals surface area (Å²) in [6.45, 7) is 3.13. The van der Waals surface area contributed by atoms with Crippen LogP contribution in [0.5, 0.6) is 0 Å². The molecule has 8 heteroatoms. The number of nitrogens with one attached hydrogen (secondary N) is 1. The Kier molecular flexibility index (Phi) is 10.4. The molecular formula is C34H35N3O4S. The van der Waals surface area contributed by atoms with Gasteiger partial charge in [0.25, 0.3) is 5.91 Å². The molecule has 0 saturated heterocycles. The number of carbonyl (C=O) groups excluding carboxylic acids is 2. The molecule has 4 aromatic rings. The minimum absolute atomic E-state index is 0.336. The third-order valence-corrected chi connectivity index (χ3v) is 7.73. The van der Waals surface area contributed by atoms with Gasteiger partial charge in [0.05, 0.1) is 0 Å². The first-order valence-electron chi connectivity index (χ1n) is 13.7. The summed E-state index contributed by atoms with van der Waals surface area (Å²) >= 11 is 1.54. The zero-order valence-electron chi connectivity index (χ0n) is 23.7. The number of primary amides is 1. The lowest BCUT2D eigenvalue weighted by molar-refractivity contribution is -0.139.